The van der Waals surface area contributed by atoms with E-state index in [9.17, 15) is 9.18 Å². The molecular weight excluding hydrogens is 511 g/mol. The number of halogens is 2. The highest BCUT2D eigenvalue weighted by atomic mass is 35.5. The Morgan fingerprint density at radius 1 is 1.19 bits per heavy atom. The second-order valence-corrected chi connectivity index (χ2v) is 10.1. The molecule has 1 amide bonds. The fraction of sp³-hybridized carbons (Fsp3) is 0.179. The zero-order chi connectivity index (χ0) is 25.8. The van der Waals surface area contributed by atoms with Gasteiger partial charge in [-0.15, -0.1) is 0 Å². The van der Waals surface area contributed by atoms with Crippen molar-refractivity contribution in [3.63, 3.8) is 0 Å². The highest BCUT2D eigenvalue weighted by Gasteiger charge is 2.15. The van der Waals surface area contributed by atoms with Crippen molar-refractivity contribution in [2.45, 2.75) is 36.8 Å². The van der Waals surface area contributed by atoms with Crippen LogP contribution in [0.5, 0.6) is 0 Å². The minimum absolute atomic E-state index is 0.0580. The van der Waals surface area contributed by atoms with E-state index in [-0.39, 0.29) is 17.8 Å². The van der Waals surface area contributed by atoms with E-state index in [0.29, 0.717) is 29.3 Å². The lowest BCUT2D eigenvalue weighted by Crippen LogP contribution is -2.33. The first-order chi connectivity index (χ1) is 18.0. The van der Waals surface area contributed by atoms with Crippen LogP contribution in [0.1, 0.15) is 34.2 Å². The summed E-state index contributed by atoms with van der Waals surface area (Å²) in [4.78, 5) is 21.8. The second kappa shape index (κ2) is 11.2. The molecule has 0 saturated carbocycles. The zero-order valence-electron chi connectivity index (χ0n) is 20.0. The van der Waals surface area contributed by atoms with Crippen molar-refractivity contribution in [2.75, 3.05) is 0 Å². The zero-order valence-corrected chi connectivity index (χ0v) is 21.6. The summed E-state index contributed by atoms with van der Waals surface area (Å²) in [6.45, 7) is 2.50. The Morgan fingerprint density at radius 2 is 2.03 bits per heavy atom. The molecule has 1 N–H and O–H groups in total. The summed E-state index contributed by atoms with van der Waals surface area (Å²) in [5, 5.41) is 4.21. The molecule has 0 saturated heterocycles. The summed E-state index contributed by atoms with van der Waals surface area (Å²) in [6.07, 6.45) is 5.76. The van der Waals surface area contributed by atoms with Gasteiger partial charge in [0.2, 0.25) is 0 Å². The van der Waals surface area contributed by atoms with Crippen molar-refractivity contribution in [3.05, 3.63) is 113 Å². The summed E-state index contributed by atoms with van der Waals surface area (Å²) < 4.78 is 20.9. The van der Waals surface area contributed by atoms with Crippen molar-refractivity contribution in [2.24, 2.45) is 0 Å². The van der Waals surface area contributed by atoms with Crippen LogP contribution < -0.4 is 5.32 Å². The van der Waals surface area contributed by atoms with E-state index in [1.807, 2.05) is 49.4 Å². The summed E-state index contributed by atoms with van der Waals surface area (Å²) in [7, 11) is 0. The van der Waals surface area contributed by atoms with Crippen molar-refractivity contribution in [1.82, 2.24) is 19.9 Å². The van der Waals surface area contributed by atoms with Gasteiger partial charge in [-0.1, -0.05) is 41.6 Å². The number of nitrogens with one attached hydrogen (secondary N) is 1. The molecule has 5 rings (SSSR count). The van der Waals surface area contributed by atoms with E-state index in [0.717, 1.165) is 33.1 Å². The number of thioether (sulfide) groups is 1. The first-order valence-corrected chi connectivity index (χ1v) is 13.1. The molecule has 188 valence electrons. The SMILES string of the molecule is C[C@H](Cc1ccco1)NC(=O)c1ccc(Cn2c(SCc3ccc(F)cc3Cl)nc3ccncc32)cc1. The number of fused-ring (bicyclic) bond motifs is 1. The molecule has 5 aromatic rings. The topological polar surface area (TPSA) is 73.0 Å². The third kappa shape index (κ3) is 6.03. The van der Waals surface area contributed by atoms with Crippen molar-refractivity contribution < 1.29 is 13.6 Å². The third-order valence-electron chi connectivity index (χ3n) is 5.91. The standard InChI is InChI=1S/C28H24ClFN4O2S/c1-18(13-23-3-2-12-36-23)32-27(35)20-6-4-19(5-7-20)16-34-26-15-31-11-10-25(26)33-28(34)37-17-21-8-9-22(30)14-24(21)29/h2-12,14-15,18H,13,16-17H2,1H3,(H,32,35)/t18-/m1/s1. The predicted octanol–water partition coefficient (Wildman–Crippen LogP) is 6.52. The molecule has 2 aromatic carbocycles. The Kier molecular flexibility index (Phi) is 7.58. The highest BCUT2D eigenvalue weighted by molar-refractivity contribution is 7.98. The lowest BCUT2D eigenvalue weighted by Gasteiger charge is -2.13. The van der Waals surface area contributed by atoms with Gasteiger partial charge in [-0.3, -0.25) is 9.78 Å². The van der Waals surface area contributed by atoms with E-state index in [4.69, 9.17) is 21.0 Å². The molecule has 0 spiro atoms. The summed E-state index contributed by atoms with van der Waals surface area (Å²) >= 11 is 7.75. The van der Waals surface area contributed by atoms with Crippen LogP contribution in [0.25, 0.3) is 11.0 Å². The van der Waals surface area contributed by atoms with Crippen LogP contribution in [-0.2, 0) is 18.7 Å². The van der Waals surface area contributed by atoms with Crippen LogP contribution >= 0.6 is 23.4 Å². The van der Waals surface area contributed by atoms with Gasteiger partial charge in [-0.25, -0.2) is 9.37 Å². The Bertz CT molecular complexity index is 1520. The number of pyridine rings is 1. The Labute approximate surface area is 222 Å². The van der Waals surface area contributed by atoms with Gasteiger partial charge in [-0.05, 0) is 60.5 Å². The fourth-order valence-electron chi connectivity index (χ4n) is 4.02. The molecule has 0 unspecified atom stereocenters. The molecule has 0 radical (unpaired) electrons. The van der Waals surface area contributed by atoms with Crippen LogP contribution in [0.2, 0.25) is 5.02 Å². The molecule has 0 fully saturated rings. The molecule has 0 bridgehead atoms. The van der Waals surface area contributed by atoms with E-state index in [1.165, 1.54) is 23.9 Å². The molecule has 3 aromatic heterocycles. The highest BCUT2D eigenvalue weighted by Crippen LogP contribution is 2.30. The summed E-state index contributed by atoms with van der Waals surface area (Å²) in [6, 6.07) is 17.5. The smallest absolute Gasteiger partial charge is 0.251 e. The van der Waals surface area contributed by atoms with Gasteiger partial charge in [0.1, 0.15) is 11.6 Å². The van der Waals surface area contributed by atoms with Crippen molar-refractivity contribution >= 4 is 40.3 Å². The van der Waals surface area contributed by atoms with Crippen molar-refractivity contribution in [1.29, 1.82) is 0 Å². The molecule has 0 aliphatic rings. The number of carbonyl (C=O) groups is 1. The maximum Gasteiger partial charge on any atom is 0.251 e. The molecule has 0 aliphatic carbocycles. The Balaban J connectivity index is 1.30. The maximum absolute atomic E-state index is 13.4. The number of furan rings is 1. The number of benzene rings is 2. The van der Waals surface area contributed by atoms with E-state index < -0.39 is 0 Å². The number of imidazole rings is 1. The summed E-state index contributed by atoms with van der Waals surface area (Å²) in [5.41, 5.74) is 4.19. The number of nitrogens with zero attached hydrogens (tertiary/aromatic N) is 3. The first-order valence-electron chi connectivity index (χ1n) is 11.8. The first kappa shape index (κ1) is 25.0. The minimum Gasteiger partial charge on any atom is -0.469 e. The van der Waals surface area contributed by atoms with Crippen LogP contribution in [0, 0.1) is 5.82 Å². The van der Waals surface area contributed by atoms with Crippen molar-refractivity contribution in [3.8, 4) is 0 Å². The van der Waals surface area contributed by atoms with Gasteiger partial charge in [0.15, 0.2) is 5.16 Å². The Morgan fingerprint density at radius 3 is 2.78 bits per heavy atom. The maximum atomic E-state index is 13.4. The van der Waals surface area contributed by atoms with Crippen LogP contribution in [0.4, 0.5) is 4.39 Å². The predicted molar refractivity (Wildman–Crippen MR) is 143 cm³/mol. The number of carbonyl (C=O) groups excluding carboxylic acids is 1. The number of rotatable bonds is 9. The van der Waals surface area contributed by atoms with Gasteiger partial charge in [0, 0.05) is 35.0 Å². The summed E-state index contributed by atoms with van der Waals surface area (Å²) in [5.74, 6) is 0.891. The molecule has 3 heterocycles. The average Bonchev–Trinajstić information content (AvgIpc) is 3.52. The second-order valence-electron chi connectivity index (χ2n) is 8.72. The van der Waals surface area contributed by atoms with Crippen LogP contribution in [0.3, 0.4) is 0 Å². The van der Waals surface area contributed by atoms with E-state index in [1.54, 1.807) is 24.7 Å². The van der Waals surface area contributed by atoms with Gasteiger partial charge < -0.3 is 14.3 Å². The normalized spacial score (nSPS) is 12.1. The number of amides is 1. The minimum atomic E-state index is -0.360. The van der Waals surface area contributed by atoms with Crippen LogP contribution in [-0.4, -0.2) is 26.5 Å². The third-order valence-corrected chi connectivity index (χ3v) is 7.29. The molecule has 0 aliphatic heterocycles. The number of hydrogen-bond donors (Lipinski definition) is 1. The fourth-order valence-corrected chi connectivity index (χ4v) is 5.36. The van der Waals surface area contributed by atoms with E-state index >= 15 is 0 Å². The average molecular weight is 535 g/mol. The number of hydrogen-bond acceptors (Lipinski definition) is 5. The molecular formula is C28H24ClFN4O2S. The number of aromatic nitrogens is 3. The molecule has 37 heavy (non-hydrogen) atoms. The van der Waals surface area contributed by atoms with E-state index in [2.05, 4.69) is 14.9 Å². The monoisotopic (exact) mass is 534 g/mol. The van der Waals surface area contributed by atoms with Gasteiger partial charge in [0.05, 0.1) is 30.0 Å². The van der Waals surface area contributed by atoms with Gasteiger partial charge >= 0.3 is 0 Å². The molecule has 1 atom stereocenters. The van der Waals surface area contributed by atoms with Gasteiger partial charge in [0.25, 0.3) is 5.91 Å². The lowest BCUT2D eigenvalue weighted by molar-refractivity contribution is 0.0939. The molecule has 9 heteroatoms. The quantitative estimate of drug-likeness (QED) is 0.218. The van der Waals surface area contributed by atoms with Crippen LogP contribution in [0.15, 0.2) is 88.9 Å². The van der Waals surface area contributed by atoms with Gasteiger partial charge in [-0.2, -0.15) is 0 Å². The largest absolute Gasteiger partial charge is 0.469 e. The molecule has 6 nitrogen and oxygen atoms in total. The Hall–Kier alpha value is -3.62. The lowest BCUT2D eigenvalue weighted by atomic mass is 10.1.